The Kier molecular flexibility index (Phi) is 4.89. The zero-order chi connectivity index (χ0) is 14.6. The van der Waals surface area contributed by atoms with Crippen LogP contribution in [0, 0.1) is 0 Å². The van der Waals surface area contributed by atoms with Crippen LogP contribution in [0.1, 0.15) is 37.3 Å². The topological polar surface area (TPSA) is 39.7 Å². The van der Waals surface area contributed by atoms with Crippen LogP contribution in [0.5, 0.6) is 11.5 Å². The fraction of sp³-hybridized carbons (Fsp3) is 0.625. The Labute approximate surface area is 121 Å². The minimum Gasteiger partial charge on any atom is -0.493 e. The van der Waals surface area contributed by atoms with Crippen molar-refractivity contribution in [3.8, 4) is 11.5 Å². The van der Waals surface area contributed by atoms with Crippen LogP contribution in [-0.4, -0.2) is 34.0 Å². The molecule has 0 radical (unpaired) electrons. The summed E-state index contributed by atoms with van der Waals surface area (Å²) in [6, 6.07) is 6.35. The number of benzene rings is 1. The molecule has 1 fully saturated rings. The summed E-state index contributed by atoms with van der Waals surface area (Å²) < 4.78 is 16.4. The molecule has 4 heteroatoms. The number of methoxy groups -OCH3 is 3. The minimum atomic E-state index is 0.0425. The molecule has 0 spiro atoms. The molecule has 20 heavy (non-hydrogen) atoms. The summed E-state index contributed by atoms with van der Waals surface area (Å²) in [4.78, 5) is 0. The van der Waals surface area contributed by atoms with Gasteiger partial charge in [0.2, 0.25) is 0 Å². The summed E-state index contributed by atoms with van der Waals surface area (Å²) in [5.74, 6) is 1.53. The predicted octanol–water partition coefficient (Wildman–Crippen LogP) is 2.92. The van der Waals surface area contributed by atoms with Crippen LogP contribution in [0.2, 0.25) is 0 Å². The molecule has 1 aromatic carbocycles. The standard InChI is InChI=1S/C16H25NO3/c1-17-13(11-16(20-4)8-5-9-16)12-6-7-14(18-2)15(10-12)19-3/h6-7,10,13,17H,5,8-9,11H2,1-4H3. The van der Waals surface area contributed by atoms with Crippen molar-refractivity contribution in [2.75, 3.05) is 28.4 Å². The lowest BCUT2D eigenvalue weighted by atomic mass is 9.74. The summed E-state index contributed by atoms with van der Waals surface area (Å²) in [5.41, 5.74) is 1.24. The quantitative estimate of drug-likeness (QED) is 0.833. The van der Waals surface area contributed by atoms with E-state index < -0.39 is 0 Å². The second-order valence-electron chi connectivity index (χ2n) is 5.40. The minimum absolute atomic E-state index is 0.0425. The molecular formula is C16H25NO3. The van der Waals surface area contributed by atoms with Crippen LogP contribution in [0.15, 0.2) is 18.2 Å². The van der Waals surface area contributed by atoms with Gasteiger partial charge in [-0.3, -0.25) is 0 Å². The van der Waals surface area contributed by atoms with E-state index in [1.54, 1.807) is 14.2 Å². The lowest BCUT2D eigenvalue weighted by Gasteiger charge is -2.43. The first-order chi connectivity index (χ1) is 9.68. The predicted molar refractivity (Wildman–Crippen MR) is 79.6 cm³/mol. The molecule has 0 saturated heterocycles. The van der Waals surface area contributed by atoms with E-state index in [0.717, 1.165) is 30.8 Å². The van der Waals surface area contributed by atoms with Gasteiger partial charge in [0.05, 0.1) is 19.8 Å². The first-order valence-electron chi connectivity index (χ1n) is 7.12. The van der Waals surface area contributed by atoms with Crippen molar-refractivity contribution in [1.29, 1.82) is 0 Å². The fourth-order valence-corrected chi connectivity index (χ4v) is 2.89. The van der Waals surface area contributed by atoms with Gasteiger partial charge in [-0.15, -0.1) is 0 Å². The van der Waals surface area contributed by atoms with Crippen LogP contribution < -0.4 is 14.8 Å². The van der Waals surface area contributed by atoms with Crippen molar-refractivity contribution in [2.45, 2.75) is 37.3 Å². The third-order valence-electron chi connectivity index (χ3n) is 4.43. The maximum atomic E-state index is 5.73. The lowest BCUT2D eigenvalue weighted by molar-refractivity contribution is -0.0834. The number of nitrogens with one attached hydrogen (secondary N) is 1. The van der Waals surface area contributed by atoms with Crippen LogP contribution >= 0.6 is 0 Å². The molecule has 1 atom stereocenters. The highest BCUT2D eigenvalue weighted by Crippen LogP contribution is 2.42. The van der Waals surface area contributed by atoms with E-state index in [4.69, 9.17) is 14.2 Å². The average Bonchev–Trinajstić information content (AvgIpc) is 2.46. The highest BCUT2D eigenvalue weighted by molar-refractivity contribution is 5.43. The van der Waals surface area contributed by atoms with Crippen molar-refractivity contribution in [3.05, 3.63) is 23.8 Å². The van der Waals surface area contributed by atoms with E-state index in [1.165, 1.54) is 12.0 Å². The molecule has 0 heterocycles. The fourth-order valence-electron chi connectivity index (χ4n) is 2.89. The summed E-state index contributed by atoms with van der Waals surface area (Å²) in [5, 5.41) is 3.39. The van der Waals surface area contributed by atoms with E-state index in [1.807, 2.05) is 26.3 Å². The van der Waals surface area contributed by atoms with Gasteiger partial charge in [0, 0.05) is 13.2 Å². The molecule has 1 aliphatic rings. The van der Waals surface area contributed by atoms with E-state index in [-0.39, 0.29) is 11.6 Å². The maximum absolute atomic E-state index is 5.73. The Morgan fingerprint density at radius 3 is 2.30 bits per heavy atom. The molecule has 0 aliphatic heterocycles. The van der Waals surface area contributed by atoms with Crippen LogP contribution in [0.25, 0.3) is 0 Å². The van der Waals surface area contributed by atoms with Gasteiger partial charge in [0.25, 0.3) is 0 Å². The van der Waals surface area contributed by atoms with Crippen molar-refractivity contribution < 1.29 is 14.2 Å². The van der Waals surface area contributed by atoms with Crippen molar-refractivity contribution in [2.24, 2.45) is 0 Å². The molecule has 1 N–H and O–H groups in total. The largest absolute Gasteiger partial charge is 0.493 e. The van der Waals surface area contributed by atoms with Gasteiger partial charge in [-0.2, -0.15) is 0 Å². The summed E-state index contributed by atoms with van der Waals surface area (Å²) in [7, 11) is 7.13. The molecule has 0 bridgehead atoms. The van der Waals surface area contributed by atoms with Crippen LogP contribution in [-0.2, 0) is 4.74 Å². The second kappa shape index (κ2) is 6.46. The molecule has 2 rings (SSSR count). The van der Waals surface area contributed by atoms with Gasteiger partial charge in [0.15, 0.2) is 11.5 Å². The van der Waals surface area contributed by atoms with Gasteiger partial charge in [-0.25, -0.2) is 0 Å². The molecule has 1 unspecified atom stereocenters. The summed E-state index contributed by atoms with van der Waals surface area (Å²) in [6.45, 7) is 0. The molecule has 112 valence electrons. The van der Waals surface area contributed by atoms with E-state index in [2.05, 4.69) is 11.4 Å². The Morgan fingerprint density at radius 1 is 1.15 bits per heavy atom. The Hall–Kier alpha value is -1.26. The Morgan fingerprint density at radius 2 is 1.85 bits per heavy atom. The first kappa shape index (κ1) is 15.1. The van der Waals surface area contributed by atoms with Crippen molar-refractivity contribution in [1.82, 2.24) is 5.32 Å². The zero-order valence-electron chi connectivity index (χ0n) is 12.9. The van der Waals surface area contributed by atoms with Crippen molar-refractivity contribution in [3.63, 3.8) is 0 Å². The van der Waals surface area contributed by atoms with E-state index in [9.17, 15) is 0 Å². The number of rotatable bonds is 7. The van der Waals surface area contributed by atoms with E-state index in [0.29, 0.717) is 0 Å². The number of hydrogen-bond donors (Lipinski definition) is 1. The summed E-state index contributed by atoms with van der Waals surface area (Å²) >= 11 is 0. The normalized spacial score (nSPS) is 18.2. The molecule has 0 amide bonds. The van der Waals surface area contributed by atoms with Crippen LogP contribution in [0.3, 0.4) is 0 Å². The number of ether oxygens (including phenoxy) is 3. The van der Waals surface area contributed by atoms with Crippen molar-refractivity contribution >= 4 is 0 Å². The third kappa shape index (κ3) is 2.91. The highest BCUT2D eigenvalue weighted by Gasteiger charge is 2.39. The lowest BCUT2D eigenvalue weighted by Crippen LogP contribution is -2.42. The highest BCUT2D eigenvalue weighted by atomic mass is 16.5. The zero-order valence-corrected chi connectivity index (χ0v) is 12.9. The molecule has 4 nitrogen and oxygen atoms in total. The van der Waals surface area contributed by atoms with E-state index >= 15 is 0 Å². The molecular weight excluding hydrogens is 254 g/mol. The molecule has 1 aromatic rings. The summed E-state index contributed by atoms with van der Waals surface area (Å²) in [6.07, 6.45) is 4.54. The third-order valence-corrected chi connectivity index (χ3v) is 4.43. The van der Waals surface area contributed by atoms with Gasteiger partial charge in [-0.05, 0) is 50.4 Å². The van der Waals surface area contributed by atoms with Crippen LogP contribution in [0.4, 0.5) is 0 Å². The van der Waals surface area contributed by atoms with Gasteiger partial charge in [-0.1, -0.05) is 6.07 Å². The van der Waals surface area contributed by atoms with Gasteiger partial charge >= 0.3 is 0 Å². The molecule has 1 saturated carbocycles. The maximum Gasteiger partial charge on any atom is 0.161 e. The Bertz CT molecular complexity index is 438. The smallest absolute Gasteiger partial charge is 0.161 e. The molecule has 1 aliphatic carbocycles. The number of hydrogen-bond acceptors (Lipinski definition) is 4. The average molecular weight is 279 g/mol. The van der Waals surface area contributed by atoms with Gasteiger partial charge < -0.3 is 19.5 Å². The second-order valence-corrected chi connectivity index (χ2v) is 5.40. The first-order valence-corrected chi connectivity index (χ1v) is 7.12. The SMILES string of the molecule is CNC(CC1(OC)CCC1)c1ccc(OC)c(OC)c1. The van der Waals surface area contributed by atoms with Gasteiger partial charge in [0.1, 0.15) is 0 Å². The Balaban J connectivity index is 2.18. The molecule has 0 aromatic heterocycles. The monoisotopic (exact) mass is 279 g/mol.